The standard InChI is InChI=1S/C48H48N4/c1-7-11-16-31-27(5)39-23-41-29(9-3)30(10-4)42(51-41)24-40-28(6)32(17-12-8-2)44(50-40)26-46-48-36-21-15-20-35-33-18-13-14-19-34(33)37(47(35)36)22-38(48)45(52-46)25-43(31)49-39/h13-15,18-26,51-52H,7-12,16-17H2,1-6H3. The third-order valence-electron chi connectivity index (χ3n) is 11.9. The van der Waals surface area contributed by atoms with E-state index in [2.05, 4.69) is 124 Å². The number of unbranched alkanes of at least 4 members (excludes halogenated alkanes) is 2. The highest BCUT2D eigenvalue weighted by atomic mass is 14.8. The minimum absolute atomic E-state index is 0.965. The van der Waals surface area contributed by atoms with Crippen molar-refractivity contribution < 1.29 is 0 Å². The predicted octanol–water partition coefficient (Wildman–Crippen LogP) is 13.6. The SMILES string of the molecule is CCCCC1=C(C)c2cc3[nH]c(cc4nc(cc5[nH]c(cc1n2)c1cc2c6c(cccc6c51)-c1ccccc1-2)C(CCCC)=C4C)c(CC)c3CC. The number of fused-ring (bicyclic) bond motifs is 15. The van der Waals surface area contributed by atoms with Gasteiger partial charge in [-0.05, 0) is 149 Å². The summed E-state index contributed by atoms with van der Waals surface area (Å²) < 4.78 is 0. The fraction of sp³-hybridized carbons (Fsp3) is 0.292. The van der Waals surface area contributed by atoms with Crippen molar-refractivity contribution in [1.29, 1.82) is 0 Å². The zero-order valence-electron chi connectivity index (χ0n) is 31.5. The van der Waals surface area contributed by atoms with E-state index in [9.17, 15) is 0 Å². The van der Waals surface area contributed by atoms with Crippen LogP contribution in [0.15, 0.2) is 72.8 Å². The van der Waals surface area contributed by atoms with Crippen molar-refractivity contribution in [3.63, 3.8) is 0 Å². The van der Waals surface area contributed by atoms with Gasteiger partial charge in [0.25, 0.3) is 0 Å². The Morgan fingerprint density at radius 3 is 1.58 bits per heavy atom. The Hall–Kier alpha value is -5.22. The van der Waals surface area contributed by atoms with Crippen LogP contribution in [0, 0.1) is 0 Å². The van der Waals surface area contributed by atoms with Gasteiger partial charge in [-0.2, -0.15) is 0 Å². The molecule has 0 saturated heterocycles. The average molecular weight is 681 g/mol. The number of hydrogen-bond acceptors (Lipinski definition) is 2. The van der Waals surface area contributed by atoms with Crippen molar-refractivity contribution in [2.24, 2.45) is 0 Å². The van der Waals surface area contributed by atoms with Crippen LogP contribution in [-0.2, 0) is 12.8 Å². The van der Waals surface area contributed by atoms with Crippen molar-refractivity contribution in [3.8, 4) is 22.3 Å². The number of benzene rings is 3. The first-order valence-electron chi connectivity index (χ1n) is 19.6. The molecule has 8 bridgehead atoms. The first-order valence-corrected chi connectivity index (χ1v) is 19.6. The summed E-state index contributed by atoms with van der Waals surface area (Å²) in [5.41, 5.74) is 22.2. The Bertz CT molecular complexity index is 2690. The van der Waals surface area contributed by atoms with Gasteiger partial charge in [0.2, 0.25) is 0 Å². The lowest BCUT2D eigenvalue weighted by Gasteiger charge is -2.06. The molecule has 4 heteroatoms. The molecular formula is C48H48N4. The summed E-state index contributed by atoms with van der Waals surface area (Å²) >= 11 is 0. The Kier molecular flexibility index (Phi) is 8.02. The summed E-state index contributed by atoms with van der Waals surface area (Å²) in [5.74, 6) is 0. The van der Waals surface area contributed by atoms with E-state index < -0.39 is 0 Å². The zero-order chi connectivity index (χ0) is 35.7. The molecule has 0 fully saturated rings. The number of rotatable bonds is 8. The van der Waals surface area contributed by atoms with E-state index in [1.165, 1.54) is 88.3 Å². The topological polar surface area (TPSA) is 57.4 Å². The van der Waals surface area contributed by atoms with Crippen LogP contribution in [0.3, 0.4) is 0 Å². The monoisotopic (exact) mass is 680 g/mol. The summed E-state index contributed by atoms with van der Waals surface area (Å²) in [6, 6.07) is 27.5. The van der Waals surface area contributed by atoms with Gasteiger partial charge in [0.05, 0.1) is 22.8 Å². The molecule has 0 spiro atoms. The molecule has 4 nitrogen and oxygen atoms in total. The molecule has 3 aliphatic rings. The molecule has 5 heterocycles. The molecular weight excluding hydrogens is 633 g/mol. The summed E-state index contributed by atoms with van der Waals surface area (Å²) in [6.45, 7) is 13.6. The van der Waals surface area contributed by atoms with Crippen molar-refractivity contribution >= 4 is 65.9 Å². The summed E-state index contributed by atoms with van der Waals surface area (Å²) in [7, 11) is 0. The number of allylic oxidation sites excluding steroid dienone is 4. The van der Waals surface area contributed by atoms with Gasteiger partial charge in [0.1, 0.15) is 0 Å². The highest BCUT2D eigenvalue weighted by molar-refractivity contribution is 6.29. The van der Waals surface area contributed by atoms with Gasteiger partial charge in [0, 0.05) is 32.8 Å². The van der Waals surface area contributed by atoms with Crippen LogP contribution in [0.4, 0.5) is 0 Å². The smallest absolute Gasteiger partial charge is 0.0693 e. The first kappa shape index (κ1) is 32.7. The molecule has 260 valence electrons. The molecule has 3 aromatic carbocycles. The maximum atomic E-state index is 5.45. The largest absolute Gasteiger partial charge is 0.355 e. The third-order valence-corrected chi connectivity index (χ3v) is 11.9. The highest BCUT2D eigenvalue weighted by Gasteiger charge is 2.25. The lowest BCUT2D eigenvalue weighted by atomic mass is 9.96. The summed E-state index contributed by atoms with van der Waals surface area (Å²) in [5, 5.41) is 5.13. The van der Waals surface area contributed by atoms with Crippen LogP contribution in [0.5, 0.6) is 0 Å². The van der Waals surface area contributed by atoms with E-state index in [-0.39, 0.29) is 0 Å². The molecule has 52 heavy (non-hydrogen) atoms. The number of aromatic nitrogens is 4. The maximum Gasteiger partial charge on any atom is 0.0693 e. The summed E-state index contributed by atoms with van der Waals surface area (Å²) in [6.07, 6.45) is 8.53. The molecule has 0 amide bonds. The number of nitrogens with one attached hydrogen (secondary N) is 2. The minimum atomic E-state index is 0.965. The van der Waals surface area contributed by atoms with E-state index in [1.807, 2.05) is 0 Å². The molecule has 1 aliphatic carbocycles. The highest BCUT2D eigenvalue weighted by Crippen LogP contribution is 2.50. The molecule has 0 saturated carbocycles. The zero-order valence-corrected chi connectivity index (χ0v) is 31.5. The van der Waals surface area contributed by atoms with Gasteiger partial charge in [0.15, 0.2) is 0 Å². The van der Waals surface area contributed by atoms with Gasteiger partial charge >= 0.3 is 0 Å². The van der Waals surface area contributed by atoms with Crippen LogP contribution in [0.1, 0.15) is 114 Å². The van der Waals surface area contributed by atoms with E-state index in [0.29, 0.717) is 0 Å². The number of aryl methyl sites for hydroxylation is 2. The van der Waals surface area contributed by atoms with E-state index >= 15 is 0 Å². The fourth-order valence-electron chi connectivity index (χ4n) is 9.21. The van der Waals surface area contributed by atoms with Crippen LogP contribution >= 0.6 is 0 Å². The van der Waals surface area contributed by atoms with Crippen LogP contribution < -0.4 is 0 Å². The third kappa shape index (κ3) is 4.94. The van der Waals surface area contributed by atoms with Crippen LogP contribution in [-0.4, -0.2) is 19.9 Å². The van der Waals surface area contributed by atoms with Crippen LogP contribution in [0.25, 0.3) is 88.2 Å². The Morgan fingerprint density at radius 1 is 0.481 bits per heavy atom. The number of aromatic amines is 2. The van der Waals surface area contributed by atoms with E-state index in [4.69, 9.17) is 9.97 Å². The Balaban J connectivity index is 1.47. The van der Waals surface area contributed by atoms with E-state index in [1.54, 1.807) is 0 Å². The first-order chi connectivity index (χ1) is 25.4. The normalized spacial score (nSPS) is 13.7. The second kappa shape index (κ2) is 12.8. The average Bonchev–Trinajstić information content (AvgIpc) is 3.92. The maximum absolute atomic E-state index is 5.45. The molecule has 9 rings (SSSR count). The van der Waals surface area contributed by atoms with Crippen LogP contribution in [0.2, 0.25) is 0 Å². The second-order valence-corrected chi connectivity index (χ2v) is 14.9. The van der Waals surface area contributed by atoms with Gasteiger partial charge in [-0.15, -0.1) is 0 Å². The molecule has 0 atom stereocenters. The van der Waals surface area contributed by atoms with Crippen molar-refractivity contribution in [2.75, 3.05) is 0 Å². The quantitative estimate of drug-likeness (QED) is 0.168. The number of nitrogens with zero attached hydrogens (tertiary/aromatic N) is 2. The van der Waals surface area contributed by atoms with Gasteiger partial charge in [-0.3, -0.25) is 0 Å². The lowest BCUT2D eigenvalue weighted by Crippen LogP contribution is -1.86. The van der Waals surface area contributed by atoms with Crippen molar-refractivity contribution in [1.82, 2.24) is 19.9 Å². The molecule has 6 aromatic rings. The summed E-state index contributed by atoms with van der Waals surface area (Å²) in [4.78, 5) is 18.7. The lowest BCUT2D eigenvalue weighted by molar-refractivity contribution is 0.824. The van der Waals surface area contributed by atoms with Gasteiger partial charge < -0.3 is 9.97 Å². The molecule has 0 radical (unpaired) electrons. The predicted molar refractivity (Wildman–Crippen MR) is 223 cm³/mol. The van der Waals surface area contributed by atoms with Gasteiger partial charge in [-0.1, -0.05) is 83.0 Å². The van der Waals surface area contributed by atoms with Gasteiger partial charge in [-0.25, -0.2) is 9.97 Å². The van der Waals surface area contributed by atoms with Crippen molar-refractivity contribution in [3.05, 3.63) is 107 Å². The van der Waals surface area contributed by atoms with E-state index in [0.717, 1.165) is 85.2 Å². The number of hydrogen-bond donors (Lipinski definition) is 2. The fourth-order valence-corrected chi connectivity index (χ4v) is 9.21. The number of H-pyrrole nitrogens is 2. The minimum Gasteiger partial charge on any atom is -0.355 e. The molecule has 3 aromatic heterocycles. The molecule has 2 N–H and O–H groups in total. The molecule has 2 aliphatic heterocycles. The second-order valence-electron chi connectivity index (χ2n) is 14.9. The van der Waals surface area contributed by atoms with Crippen molar-refractivity contribution in [2.45, 2.75) is 92.9 Å². The Labute approximate surface area is 306 Å². The Morgan fingerprint density at radius 2 is 1.00 bits per heavy atom. The molecule has 0 unspecified atom stereocenters.